The van der Waals surface area contributed by atoms with Crippen molar-refractivity contribution >= 4 is 17.9 Å². The number of aryl methyl sites for hydroxylation is 1. The summed E-state index contributed by atoms with van der Waals surface area (Å²) in [6, 6.07) is 14.7. The van der Waals surface area contributed by atoms with Crippen molar-refractivity contribution in [3.8, 4) is 5.75 Å². The standard InChI is InChI=1S/C17H19N3O2/c1-3-22-16-11-7-5-9-14(16)12-18-20-17(21)19-15-10-6-4-8-13(15)2/h4-12H,3H2,1-2H3,(H2,19,20,21). The van der Waals surface area contributed by atoms with Gasteiger partial charge in [0.1, 0.15) is 5.75 Å². The molecule has 22 heavy (non-hydrogen) atoms. The van der Waals surface area contributed by atoms with Crippen LogP contribution in [0.2, 0.25) is 0 Å². The van der Waals surface area contributed by atoms with Gasteiger partial charge in [0, 0.05) is 11.3 Å². The second kappa shape index (κ2) is 7.83. The third-order valence-corrected chi connectivity index (χ3v) is 2.98. The van der Waals surface area contributed by atoms with E-state index in [0.717, 1.165) is 22.6 Å². The molecule has 0 aliphatic heterocycles. The van der Waals surface area contributed by atoms with Crippen molar-refractivity contribution < 1.29 is 9.53 Å². The van der Waals surface area contributed by atoms with Crippen molar-refractivity contribution in [2.45, 2.75) is 13.8 Å². The Hall–Kier alpha value is -2.82. The van der Waals surface area contributed by atoms with Gasteiger partial charge in [-0.05, 0) is 37.6 Å². The van der Waals surface area contributed by atoms with Crippen molar-refractivity contribution in [3.63, 3.8) is 0 Å². The van der Waals surface area contributed by atoms with Gasteiger partial charge in [-0.2, -0.15) is 5.10 Å². The molecule has 114 valence electrons. The lowest BCUT2D eigenvalue weighted by Gasteiger charge is -2.07. The average Bonchev–Trinajstić information content (AvgIpc) is 2.51. The number of hydrazone groups is 1. The molecule has 0 aliphatic rings. The number of hydrogen-bond acceptors (Lipinski definition) is 3. The van der Waals surface area contributed by atoms with Crippen LogP contribution < -0.4 is 15.5 Å². The van der Waals surface area contributed by atoms with Crippen LogP contribution in [0.15, 0.2) is 53.6 Å². The summed E-state index contributed by atoms with van der Waals surface area (Å²) in [6.07, 6.45) is 1.56. The van der Waals surface area contributed by atoms with Crippen molar-refractivity contribution in [2.24, 2.45) is 5.10 Å². The minimum atomic E-state index is -0.389. The summed E-state index contributed by atoms with van der Waals surface area (Å²) < 4.78 is 5.49. The van der Waals surface area contributed by atoms with E-state index in [9.17, 15) is 4.79 Å². The van der Waals surface area contributed by atoms with Gasteiger partial charge in [-0.15, -0.1) is 0 Å². The fraction of sp³-hybridized carbons (Fsp3) is 0.176. The first-order valence-corrected chi connectivity index (χ1v) is 7.08. The van der Waals surface area contributed by atoms with Crippen LogP contribution in [-0.2, 0) is 0 Å². The van der Waals surface area contributed by atoms with Crippen molar-refractivity contribution in [1.29, 1.82) is 0 Å². The van der Waals surface area contributed by atoms with Gasteiger partial charge in [0.25, 0.3) is 0 Å². The summed E-state index contributed by atoms with van der Waals surface area (Å²) in [5, 5.41) is 6.68. The van der Waals surface area contributed by atoms with E-state index >= 15 is 0 Å². The van der Waals surface area contributed by atoms with E-state index in [1.165, 1.54) is 0 Å². The molecule has 0 saturated carbocycles. The van der Waals surface area contributed by atoms with Crippen LogP contribution in [0.5, 0.6) is 5.75 Å². The third-order valence-electron chi connectivity index (χ3n) is 2.98. The summed E-state index contributed by atoms with van der Waals surface area (Å²) in [6.45, 7) is 4.42. The maximum atomic E-state index is 11.8. The number of carbonyl (C=O) groups is 1. The molecule has 0 aromatic heterocycles. The molecule has 0 bridgehead atoms. The maximum Gasteiger partial charge on any atom is 0.339 e. The Bertz CT molecular complexity index is 668. The molecule has 2 aromatic carbocycles. The predicted molar refractivity (Wildman–Crippen MR) is 88.5 cm³/mol. The normalized spacial score (nSPS) is 10.5. The molecule has 5 nitrogen and oxygen atoms in total. The highest BCUT2D eigenvalue weighted by Crippen LogP contribution is 2.15. The molecule has 0 fully saturated rings. The van der Waals surface area contributed by atoms with Crippen LogP contribution in [-0.4, -0.2) is 18.9 Å². The predicted octanol–water partition coefficient (Wildman–Crippen LogP) is 3.55. The molecule has 0 heterocycles. The monoisotopic (exact) mass is 297 g/mol. The molecule has 2 amide bonds. The molecular formula is C17H19N3O2. The highest BCUT2D eigenvalue weighted by molar-refractivity contribution is 5.91. The van der Waals surface area contributed by atoms with Gasteiger partial charge < -0.3 is 10.1 Å². The molecule has 2 rings (SSSR count). The van der Waals surface area contributed by atoms with E-state index in [1.807, 2.05) is 62.4 Å². The number of benzene rings is 2. The summed E-state index contributed by atoms with van der Waals surface area (Å²) >= 11 is 0. The number of ether oxygens (including phenoxy) is 1. The first-order chi connectivity index (χ1) is 10.7. The van der Waals surface area contributed by atoms with E-state index in [0.29, 0.717) is 6.61 Å². The quantitative estimate of drug-likeness (QED) is 0.655. The van der Waals surface area contributed by atoms with E-state index < -0.39 is 0 Å². The number of carbonyl (C=O) groups excluding carboxylic acids is 1. The minimum absolute atomic E-state index is 0.389. The van der Waals surface area contributed by atoms with E-state index in [-0.39, 0.29) is 6.03 Å². The first-order valence-electron chi connectivity index (χ1n) is 7.08. The molecule has 2 N–H and O–H groups in total. The van der Waals surface area contributed by atoms with Gasteiger partial charge in [0.05, 0.1) is 12.8 Å². The molecule has 5 heteroatoms. The minimum Gasteiger partial charge on any atom is -0.493 e. The van der Waals surface area contributed by atoms with E-state index in [2.05, 4.69) is 15.8 Å². The molecule has 2 aromatic rings. The molecule has 0 aliphatic carbocycles. The molecular weight excluding hydrogens is 278 g/mol. The summed E-state index contributed by atoms with van der Waals surface area (Å²) in [4.78, 5) is 11.8. The van der Waals surface area contributed by atoms with Crippen LogP contribution in [0.4, 0.5) is 10.5 Å². The Morgan fingerprint density at radius 2 is 1.91 bits per heavy atom. The lowest BCUT2D eigenvalue weighted by molar-refractivity contribution is 0.252. The topological polar surface area (TPSA) is 62.7 Å². The average molecular weight is 297 g/mol. The third kappa shape index (κ3) is 4.34. The van der Waals surface area contributed by atoms with E-state index in [4.69, 9.17) is 4.74 Å². The number of urea groups is 1. The second-order valence-electron chi connectivity index (χ2n) is 4.61. The summed E-state index contributed by atoms with van der Waals surface area (Å²) in [7, 11) is 0. The zero-order valence-electron chi connectivity index (χ0n) is 12.7. The van der Waals surface area contributed by atoms with Crippen molar-refractivity contribution in [1.82, 2.24) is 5.43 Å². The van der Waals surface area contributed by atoms with Gasteiger partial charge in [-0.25, -0.2) is 10.2 Å². The summed E-state index contributed by atoms with van der Waals surface area (Å²) in [5.41, 5.74) is 4.99. The Balaban J connectivity index is 1.95. The second-order valence-corrected chi connectivity index (χ2v) is 4.61. The number of anilines is 1. The number of hydrogen-bond donors (Lipinski definition) is 2. The SMILES string of the molecule is CCOc1ccccc1C=NNC(=O)Nc1ccccc1C. The Morgan fingerprint density at radius 3 is 2.68 bits per heavy atom. The van der Waals surface area contributed by atoms with Crippen LogP contribution in [0.25, 0.3) is 0 Å². The Labute approximate surface area is 130 Å². The van der Waals surface area contributed by atoms with Gasteiger partial charge >= 0.3 is 6.03 Å². The van der Waals surface area contributed by atoms with Gasteiger partial charge in [0.15, 0.2) is 0 Å². The number of amides is 2. The van der Waals surface area contributed by atoms with Gasteiger partial charge in [0.2, 0.25) is 0 Å². The van der Waals surface area contributed by atoms with Crippen LogP contribution >= 0.6 is 0 Å². The van der Waals surface area contributed by atoms with Crippen LogP contribution in [0, 0.1) is 6.92 Å². The Kier molecular flexibility index (Phi) is 5.54. The first kappa shape index (κ1) is 15.6. The lowest BCUT2D eigenvalue weighted by Crippen LogP contribution is -2.24. The van der Waals surface area contributed by atoms with Crippen molar-refractivity contribution in [2.75, 3.05) is 11.9 Å². The van der Waals surface area contributed by atoms with Crippen LogP contribution in [0.3, 0.4) is 0 Å². The number of rotatable bonds is 5. The fourth-order valence-corrected chi connectivity index (χ4v) is 1.90. The maximum absolute atomic E-state index is 11.8. The zero-order chi connectivity index (χ0) is 15.8. The van der Waals surface area contributed by atoms with E-state index in [1.54, 1.807) is 6.21 Å². The highest BCUT2D eigenvalue weighted by Gasteiger charge is 2.02. The molecule has 0 spiro atoms. The molecule has 0 atom stereocenters. The molecule has 0 radical (unpaired) electrons. The Morgan fingerprint density at radius 1 is 1.18 bits per heavy atom. The summed E-state index contributed by atoms with van der Waals surface area (Å²) in [5.74, 6) is 0.731. The van der Waals surface area contributed by atoms with Crippen molar-refractivity contribution in [3.05, 3.63) is 59.7 Å². The largest absolute Gasteiger partial charge is 0.493 e. The molecule has 0 saturated heterocycles. The van der Waals surface area contributed by atoms with Gasteiger partial charge in [-0.1, -0.05) is 30.3 Å². The lowest BCUT2D eigenvalue weighted by atomic mass is 10.2. The fourth-order valence-electron chi connectivity index (χ4n) is 1.90. The zero-order valence-corrected chi connectivity index (χ0v) is 12.7. The highest BCUT2D eigenvalue weighted by atomic mass is 16.5. The number of nitrogens with zero attached hydrogens (tertiary/aromatic N) is 1. The number of para-hydroxylation sites is 2. The number of nitrogens with one attached hydrogen (secondary N) is 2. The smallest absolute Gasteiger partial charge is 0.339 e. The van der Waals surface area contributed by atoms with Crippen LogP contribution in [0.1, 0.15) is 18.1 Å². The van der Waals surface area contributed by atoms with Gasteiger partial charge in [-0.3, -0.25) is 0 Å². The molecule has 0 unspecified atom stereocenters.